The van der Waals surface area contributed by atoms with Gasteiger partial charge in [-0.3, -0.25) is 9.59 Å². The van der Waals surface area contributed by atoms with Crippen molar-refractivity contribution in [3.63, 3.8) is 0 Å². The number of carbonyl (C=O) groups excluding carboxylic acids is 3. The summed E-state index contributed by atoms with van der Waals surface area (Å²) in [6.07, 6.45) is 3.48. The molecule has 0 saturated carbocycles. The zero-order valence-corrected chi connectivity index (χ0v) is 13.1. The molecule has 0 heterocycles. The first-order valence-electron chi connectivity index (χ1n) is 7.32. The standard InChI is InChI=1S/C14H27N3O4/c1-4-10(2)12(17-14(15)20)13(19)16-9-7-5-6-8-11(18)21-3/h10,12H,4-9H2,1-3H3,(H,16,19)(H3,15,17,20). The lowest BCUT2D eigenvalue weighted by atomic mass is 9.98. The van der Waals surface area contributed by atoms with Crippen molar-refractivity contribution in [3.05, 3.63) is 0 Å². The van der Waals surface area contributed by atoms with Crippen LogP contribution in [0.1, 0.15) is 46.0 Å². The Morgan fingerprint density at radius 3 is 2.38 bits per heavy atom. The van der Waals surface area contributed by atoms with Crippen molar-refractivity contribution in [3.8, 4) is 0 Å². The van der Waals surface area contributed by atoms with Crippen LogP contribution in [0.2, 0.25) is 0 Å². The predicted molar refractivity (Wildman–Crippen MR) is 79.5 cm³/mol. The molecule has 21 heavy (non-hydrogen) atoms. The molecular formula is C14H27N3O4. The number of nitrogens with two attached hydrogens (primary N) is 1. The average molecular weight is 301 g/mol. The second-order valence-corrected chi connectivity index (χ2v) is 5.05. The van der Waals surface area contributed by atoms with Gasteiger partial charge >= 0.3 is 12.0 Å². The number of nitrogens with one attached hydrogen (secondary N) is 2. The highest BCUT2D eigenvalue weighted by molar-refractivity contribution is 5.86. The first-order chi connectivity index (χ1) is 9.92. The van der Waals surface area contributed by atoms with E-state index in [0.717, 1.165) is 25.7 Å². The SMILES string of the molecule is CCC(C)C(NC(N)=O)C(=O)NCCCCCC(=O)OC. The maximum absolute atomic E-state index is 12.0. The molecule has 122 valence electrons. The van der Waals surface area contributed by atoms with Crippen molar-refractivity contribution >= 4 is 17.9 Å². The highest BCUT2D eigenvalue weighted by atomic mass is 16.5. The number of rotatable bonds is 10. The molecule has 0 aliphatic carbocycles. The molecule has 2 unspecified atom stereocenters. The molecule has 0 saturated heterocycles. The molecule has 7 nitrogen and oxygen atoms in total. The third kappa shape index (κ3) is 8.88. The number of hydrogen-bond acceptors (Lipinski definition) is 4. The molecule has 0 radical (unpaired) electrons. The third-order valence-electron chi connectivity index (χ3n) is 3.38. The zero-order valence-electron chi connectivity index (χ0n) is 13.1. The predicted octanol–water partition coefficient (Wildman–Crippen LogP) is 0.919. The van der Waals surface area contributed by atoms with Gasteiger partial charge in [-0.2, -0.15) is 0 Å². The minimum atomic E-state index is -0.700. The van der Waals surface area contributed by atoms with Crippen molar-refractivity contribution in [1.82, 2.24) is 10.6 Å². The largest absolute Gasteiger partial charge is 0.469 e. The number of methoxy groups -OCH3 is 1. The molecule has 0 rings (SSSR count). The van der Waals surface area contributed by atoms with Gasteiger partial charge < -0.3 is 21.1 Å². The molecule has 0 aliphatic heterocycles. The summed E-state index contributed by atoms with van der Waals surface area (Å²) in [5.41, 5.74) is 5.09. The van der Waals surface area contributed by atoms with Gasteiger partial charge in [0, 0.05) is 13.0 Å². The molecule has 0 aromatic rings. The summed E-state index contributed by atoms with van der Waals surface area (Å²) in [6.45, 7) is 4.34. The smallest absolute Gasteiger partial charge is 0.312 e. The van der Waals surface area contributed by atoms with Crippen molar-refractivity contribution in [2.75, 3.05) is 13.7 Å². The fraction of sp³-hybridized carbons (Fsp3) is 0.786. The quantitative estimate of drug-likeness (QED) is 0.411. The van der Waals surface area contributed by atoms with E-state index in [1.54, 1.807) is 0 Å². The van der Waals surface area contributed by atoms with Gasteiger partial charge in [0.2, 0.25) is 5.91 Å². The van der Waals surface area contributed by atoms with Crippen LogP contribution < -0.4 is 16.4 Å². The molecule has 0 aliphatic rings. The number of esters is 1. The van der Waals surface area contributed by atoms with E-state index in [1.807, 2.05) is 13.8 Å². The highest BCUT2D eigenvalue weighted by Gasteiger charge is 2.24. The summed E-state index contributed by atoms with van der Waals surface area (Å²) in [5, 5.41) is 5.25. The van der Waals surface area contributed by atoms with Crippen LogP contribution in [-0.2, 0) is 14.3 Å². The lowest BCUT2D eigenvalue weighted by Crippen LogP contribution is -2.51. The monoisotopic (exact) mass is 301 g/mol. The van der Waals surface area contributed by atoms with Gasteiger partial charge in [0.25, 0.3) is 0 Å². The fourth-order valence-electron chi connectivity index (χ4n) is 1.85. The van der Waals surface area contributed by atoms with Gasteiger partial charge in [0.15, 0.2) is 0 Å². The number of urea groups is 1. The molecule has 0 fully saturated rings. The summed E-state index contributed by atoms with van der Waals surface area (Å²) in [4.78, 5) is 33.8. The van der Waals surface area contributed by atoms with Crippen LogP contribution in [-0.4, -0.2) is 37.6 Å². The van der Waals surface area contributed by atoms with E-state index in [0.29, 0.717) is 13.0 Å². The van der Waals surface area contributed by atoms with Crippen LogP contribution in [0.15, 0.2) is 0 Å². The summed E-state index contributed by atoms with van der Waals surface area (Å²) in [5.74, 6) is -0.436. The summed E-state index contributed by atoms with van der Waals surface area (Å²) < 4.78 is 4.54. The second-order valence-electron chi connectivity index (χ2n) is 5.05. The van der Waals surface area contributed by atoms with E-state index in [-0.39, 0.29) is 17.8 Å². The average Bonchev–Trinajstić information content (AvgIpc) is 2.46. The van der Waals surface area contributed by atoms with Gasteiger partial charge in [0.05, 0.1) is 7.11 Å². The number of hydrogen-bond donors (Lipinski definition) is 3. The molecule has 0 aromatic carbocycles. The van der Waals surface area contributed by atoms with Crippen LogP contribution in [0.25, 0.3) is 0 Å². The molecule has 3 amide bonds. The van der Waals surface area contributed by atoms with Gasteiger partial charge in [-0.25, -0.2) is 4.79 Å². The molecule has 0 aromatic heterocycles. The first-order valence-corrected chi connectivity index (χ1v) is 7.32. The number of amides is 3. The Kier molecular flexibility index (Phi) is 10.0. The van der Waals surface area contributed by atoms with E-state index in [4.69, 9.17) is 5.73 Å². The van der Waals surface area contributed by atoms with Crippen molar-refractivity contribution in [2.45, 2.75) is 52.0 Å². The zero-order chi connectivity index (χ0) is 16.3. The maximum Gasteiger partial charge on any atom is 0.312 e. The number of ether oxygens (including phenoxy) is 1. The van der Waals surface area contributed by atoms with E-state index < -0.39 is 12.1 Å². The molecule has 2 atom stereocenters. The Morgan fingerprint density at radius 2 is 1.86 bits per heavy atom. The molecule has 7 heteroatoms. The lowest BCUT2D eigenvalue weighted by Gasteiger charge is -2.22. The normalized spacial score (nSPS) is 13.1. The van der Waals surface area contributed by atoms with Crippen LogP contribution in [0.3, 0.4) is 0 Å². The van der Waals surface area contributed by atoms with Crippen molar-refractivity contribution < 1.29 is 19.1 Å². The second kappa shape index (κ2) is 10.9. The lowest BCUT2D eigenvalue weighted by molar-refractivity contribution is -0.140. The van der Waals surface area contributed by atoms with E-state index >= 15 is 0 Å². The molecule has 0 bridgehead atoms. The van der Waals surface area contributed by atoms with E-state index in [2.05, 4.69) is 15.4 Å². The minimum absolute atomic E-state index is 0.0109. The maximum atomic E-state index is 12.0. The van der Waals surface area contributed by atoms with Gasteiger partial charge in [0.1, 0.15) is 6.04 Å². The number of carbonyl (C=O) groups is 3. The Balaban J connectivity index is 3.98. The summed E-state index contributed by atoms with van der Waals surface area (Å²) in [6, 6.07) is -1.31. The fourth-order valence-corrected chi connectivity index (χ4v) is 1.85. The van der Waals surface area contributed by atoms with Crippen molar-refractivity contribution in [2.24, 2.45) is 11.7 Å². The summed E-state index contributed by atoms with van der Waals surface area (Å²) in [7, 11) is 1.36. The van der Waals surface area contributed by atoms with Crippen LogP contribution in [0, 0.1) is 5.92 Å². The van der Waals surface area contributed by atoms with Crippen LogP contribution in [0.5, 0.6) is 0 Å². The third-order valence-corrected chi connectivity index (χ3v) is 3.38. The van der Waals surface area contributed by atoms with Gasteiger partial charge in [-0.15, -0.1) is 0 Å². The Labute approximate surface area is 126 Å². The van der Waals surface area contributed by atoms with E-state index in [1.165, 1.54) is 7.11 Å². The summed E-state index contributed by atoms with van der Waals surface area (Å²) >= 11 is 0. The Morgan fingerprint density at radius 1 is 1.19 bits per heavy atom. The molecule has 0 spiro atoms. The van der Waals surface area contributed by atoms with Crippen molar-refractivity contribution in [1.29, 1.82) is 0 Å². The Bertz CT molecular complexity index is 347. The Hall–Kier alpha value is -1.79. The molecular weight excluding hydrogens is 274 g/mol. The minimum Gasteiger partial charge on any atom is -0.469 e. The van der Waals surface area contributed by atoms with Gasteiger partial charge in [-0.1, -0.05) is 26.7 Å². The van der Waals surface area contributed by atoms with E-state index in [9.17, 15) is 14.4 Å². The van der Waals surface area contributed by atoms with Gasteiger partial charge in [-0.05, 0) is 18.8 Å². The number of unbranched alkanes of at least 4 members (excludes halogenated alkanes) is 2. The van der Waals surface area contributed by atoms with Crippen LogP contribution >= 0.6 is 0 Å². The van der Waals surface area contributed by atoms with Crippen LogP contribution in [0.4, 0.5) is 4.79 Å². The first kappa shape index (κ1) is 19.2. The topological polar surface area (TPSA) is 111 Å². The highest BCUT2D eigenvalue weighted by Crippen LogP contribution is 2.08. The molecule has 4 N–H and O–H groups in total. The number of primary amides is 1.